The Labute approximate surface area is 159 Å². The summed E-state index contributed by atoms with van der Waals surface area (Å²) in [5.74, 6) is 0.190. The van der Waals surface area contributed by atoms with Gasteiger partial charge in [-0.2, -0.15) is 0 Å². The van der Waals surface area contributed by atoms with Gasteiger partial charge in [-0.3, -0.25) is 0 Å². The van der Waals surface area contributed by atoms with Gasteiger partial charge in [-0.15, -0.1) is 0 Å². The molecule has 8 heteroatoms. The molecule has 2 aromatic rings. The summed E-state index contributed by atoms with van der Waals surface area (Å²) in [6, 6.07) is 16.6. The first-order valence-corrected chi connectivity index (χ1v) is 10.8. The fourth-order valence-corrected chi connectivity index (χ4v) is 3.15. The minimum atomic E-state index is -1.80. The van der Waals surface area contributed by atoms with E-state index >= 15 is 0 Å². The van der Waals surface area contributed by atoms with Gasteiger partial charge in [-0.25, -0.2) is 8.42 Å². The van der Waals surface area contributed by atoms with E-state index in [1.807, 2.05) is 0 Å². The van der Waals surface area contributed by atoms with E-state index in [4.69, 9.17) is 9.11 Å². The first-order valence-electron chi connectivity index (χ1n) is 8.29. The van der Waals surface area contributed by atoms with Crippen LogP contribution in [-0.4, -0.2) is 42.4 Å². The van der Waals surface area contributed by atoms with Crippen molar-refractivity contribution in [1.29, 1.82) is 0 Å². The van der Waals surface area contributed by atoms with Crippen LogP contribution in [0.4, 0.5) is 0 Å². The molecule has 0 radical (unpaired) electrons. The molecule has 0 aliphatic carbocycles. The average molecular weight is 397 g/mol. The van der Waals surface area contributed by atoms with Crippen LogP contribution in [0.2, 0.25) is 0 Å². The Balaban J connectivity index is 1.82. The molecular formula is C18H24N2O4S2. The summed E-state index contributed by atoms with van der Waals surface area (Å²) in [5.41, 5.74) is 4.62. The lowest BCUT2D eigenvalue weighted by molar-refractivity contribution is 0.554. The summed E-state index contributed by atoms with van der Waals surface area (Å²) in [5, 5.41) is 5.85. The van der Waals surface area contributed by atoms with Gasteiger partial charge in [0.2, 0.25) is 0 Å². The number of nitrogens with one attached hydrogen (secondary N) is 2. The third-order valence-corrected chi connectivity index (χ3v) is 4.78. The fraction of sp³-hybridized carbons (Fsp3) is 0.333. The van der Waals surface area contributed by atoms with Crippen LogP contribution in [0.3, 0.4) is 0 Å². The molecule has 0 fully saturated rings. The highest BCUT2D eigenvalue weighted by Crippen LogP contribution is 2.20. The van der Waals surface area contributed by atoms with Crippen molar-refractivity contribution in [3.63, 3.8) is 0 Å². The smallest absolute Gasteiger partial charge is 0.167 e. The lowest BCUT2D eigenvalue weighted by atomic mass is 10.0. The molecule has 0 heterocycles. The molecule has 26 heavy (non-hydrogen) atoms. The monoisotopic (exact) mass is 396 g/mol. The van der Waals surface area contributed by atoms with E-state index in [1.54, 1.807) is 0 Å². The maximum absolute atomic E-state index is 10.6. The van der Waals surface area contributed by atoms with Crippen LogP contribution in [0.15, 0.2) is 48.5 Å². The topological polar surface area (TPSA) is 98.7 Å². The van der Waals surface area contributed by atoms with Crippen molar-refractivity contribution in [3.05, 3.63) is 59.7 Å². The Kier molecular flexibility index (Phi) is 9.10. The number of rotatable bonds is 11. The van der Waals surface area contributed by atoms with Crippen molar-refractivity contribution < 1.29 is 17.5 Å². The predicted octanol–water partition coefficient (Wildman–Crippen LogP) is 1.98. The van der Waals surface area contributed by atoms with E-state index in [9.17, 15) is 8.42 Å². The van der Waals surface area contributed by atoms with E-state index in [0.29, 0.717) is 13.1 Å². The molecule has 0 aliphatic rings. The van der Waals surface area contributed by atoms with Crippen LogP contribution >= 0.6 is 0 Å². The van der Waals surface area contributed by atoms with Crippen molar-refractivity contribution >= 4 is 22.2 Å². The van der Waals surface area contributed by atoms with Gasteiger partial charge >= 0.3 is 0 Å². The number of hydrogen-bond acceptors (Lipinski definition) is 4. The predicted molar refractivity (Wildman–Crippen MR) is 107 cm³/mol. The van der Waals surface area contributed by atoms with E-state index < -0.39 is 22.2 Å². The highest BCUT2D eigenvalue weighted by atomic mass is 32.2. The molecule has 0 aliphatic heterocycles. The van der Waals surface area contributed by atoms with Gasteiger partial charge < -0.3 is 19.7 Å². The van der Waals surface area contributed by atoms with Gasteiger partial charge in [-0.1, -0.05) is 48.5 Å². The largest absolute Gasteiger partial charge is 0.305 e. The van der Waals surface area contributed by atoms with Crippen LogP contribution in [0, 0.1) is 0 Å². The third-order valence-electron chi connectivity index (χ3n) is 3.87. The van der Waals surface area contributed by atoms with E-state index in [0.717, 1.165) is 24.0 Å². The molecule has 2 rings (SSSR count). The quantitative estimate of drug-likeness (QED) is 0.342. The summed E-state index contributed by atoms with van der Waals surface area (Å²) in [4.78, 5) is 0. The zero-order valence-corrected chi connectivity index (χ0v) is 16.0. The average Bonchev–Trinajstić information content (AvgIpc) is 2.63. The minimum absolute atomic E-state index is 0.0950. The molecule has 2 aromatic carbocycles. The third kappa shape index (κ3) is 7.86. The van der Waals surface area contributed by atoms with Crippen LogP contribution in [0.5, 0.6) is 0 Å². The second-order valence-corrected chi connectivity index (χ2v) is 7.69. The van der Waals surface area contributed by atoms with Gasteiger partial charge in [0.15, 0.2) is 22.2 Å². The van der Waals surface area contributed by atoms with Crippen molar-refractivity contribution in [1.82, 2.24) is 10.6 Å². The second kappa shape index (κ2) is 11.3. The first kappa shape index (κ1) is 20.9. The van der Waals surface area contributed by atoms with Crippen molar-refractivity contribution in [2.24, 2.45) is 0 Å². The van der Waals surface area contributed by atoms with Gasteiger partial charge in [0.25, 0.3) is 0 Å². The molecular weight excluding hydrogens is 372 g/mol. The molecule has 0 amide bonds. The molecule has 6 nitrogen and oxygen atoms in total. The van der Waals surface area contributed by atoms with Crippen LogP contribution in [0.25, 0.3) is 11.1 Å². The highest BCUT2D eigenvalue weighted by Gasteiger charge is 2.01. The molecule has 142 valence electrons. The Morgan fingerprint density at radius 2 is 1.00 bits per heavy atom. The zero-order valence-electron chi connectivity index (χ0n) is 14.4. The summed E-state index contributed by atoms with van der Waals surface area (Å²) >= 11 is -3.60. The van der Waals surface area contributed by atoms with Crippen molar-refractivity contribution in [2.75, 3.05) is 24.8 Å². The molecule has 0 saturated heterocycles. The van der Waals surface area contributed by atoms with E-state index in [2.05, 4.69) is 59.2 Å². The molecule has 0 aromatic heterocycles. The summed E-state index contributed by atoms with van der Waals surface area (Å²) < 4.78 is 38.5. The van der Waals surface area contributed by atoms with Crippen LogP contribution in [0.1, 0.15) is 11.1 Å². The zero-order chi connectivity index (χ0) is 18.8. The lowest BCUT2D eigenvalue weighted by Gasteiger charge is -2.07. The van der Waals surface area contributed by atoms with Gasteiger partial charge in [0, 0.05) is 13.1 Å². The van der Waals surface area contributed by atoms with E-state index in [-0.39, 0.29) is 11.8 Å². The van der Waals surface area contributed by atoms with Crippen LogP contribution in [-0.2, 0) is 35.0 Å². The van der Waals surface area contributed by atoms with Gasteiger partial charge in [-0.05, 0) is 35.1 Å². The Hall–Kier alpha value is -1.42. The molecule has 0 bridgehead atoms. The first-order chi connectivity index (χ1) is 12.5. The summed E-state index contributed by atoms with van der Waals surface area (Å²) in [7, 11) is 0. The van der Waals surface area contributed by atoms with Gasteiger partial charge in [0.05, 0.1) is 11.8 Å². The maximum Gasteiger partial charge on any atom is 0.167 e. The van der Waals surface area contributed by atoms with Crippen molar-refractivity contribution in [2.45, 2.75) is 12.8 Å². The maximum atomic E-state index is 10.6. The molecule has 0 saturated carbocycles. The molecule has 0 spiro atoms. The molecule has 2 atom stereocenters. The Morgan fingerprint density at radius 1 is 0.654 bits per heavy atom. The number of benzene rings is 2. The normalized spacial score (nSPS) is 13.5. The second-order valence-electron chi connectivity index (χ2n) is 5.83. The lowest BCUT2D eigenvalue weighted by Crippen LogP contribution is -2.21. The molecule has 4 N–H and O–H groups in total. The minimum Gasteiger partial charge on any atom is -0.305 e. The standard InChI is InChI=1S/C18H24N2O4S2/c21-25(22)13-19-11-9-15-1-5-17(6-2-15)18-7-3-16(4-8-18)10-12-20-14-26(23)24/h1-8,19-20H,9-14H2,(H,21,22)(H,23,24). The fourth-order valence-electron chi connectivity index (χ4n) is 2.51. The highest BCUT2D eigenvalue weighted by molar-refractivity contribution is 7.79. The van der Waals surface area contributed by atoms with Crippen LogP contribution < -0.4 is 10.6 Å². The Bertz CT molecular complexity index is 657. The van der Waals surface area contributed by atoms with E-state index in [1.165, 1.54) is 11.1 Å². The van der Waals surface area contributed by atoms with Gasteiger partial charge in [0.1, 0.15) is 0 Å². The van der Waals surface area contributed by atoms with Crippen molar-refractivity contribution in [3.8, 4) is 11.1 Å². The SMILES string of the molecule is O=S(O)CNCCc1ccc(-c2ccc(CCNCS(=O)O)cc2)cc1. The summed E-state index contributed by atoms with van der Waals surface area (Å²) in [6.07, 6.45) is 1.62. The number of hydrogen-bond donors (Lipinski definition) is 4. The molecule has 2 unspecified atom stereocenters. The Morgan fingerprint density at radius 3 is 1.31 bits per heavy atom. The summed E-state index contributed by atoms with van der Waals surface area (Å²) in [6.45, 7) is 1.33.